The predicted octanol–water partition coefficient (Wildman–Crippen LogP) is 4.11. The van der Waals surface area contributed by atoms with Crippen molar-refractivity contribution in [3.63, 3.8) is 0 Å². The van der Waals surface area contributed by atoms with Gasteiger partial charge in [0.25, 0.3) is 0 Å². The van der Waals surface area contributed by atoms with Crippen LogP contribution in [0.25, 0.3) is 10.2 Å². The van der Waals surface area contributed by atoms with Gasteiger partial charge in [-0.3, -0.25) is 0 Å². The second-order valence-electron chi connectivity index (χ2n) is 4.71. The van der Waals surface area contributed by atoms with Crippen molar-refractivity contribution in [1.29, 1.82) is 0 Å². The van der Waals surface area contributed by atoms with E-state index in [2.05, 4.69) is 45.2 Å². The predicted molar refractivity (Wildman–Crippen MR) is 87.6 cm³/mol. The van der Waals surface area contributed by atoms with Crippen LogP contribution in [-0.4, -0.2) is 25.3 Å². The Morgan fingerprint density at radius 3 is 2.50 bits per heavy atom. The lowest BCUT2D eigenvalue weighted by Crippen LogP contribution is -2.08. The Morgan fingerprint density at radius 2 is 1.80 bits per heavy atom. The highest BCUT2D eigenvalue weighted by Gasteiger charge is 2.00. The van der Waals surface area contributed by atoms with Gasteiger partial charge in [-0.1, -0.05) is 35.6 Å². The van der Waals surface area contributed by atoms with E-state index in [9.17, 15) is 0 Å². The van der Waals surface area contributed by atoms with Crippen LogP contribution < -0.4 is 4.90 Å². The fourth-order valence-corrected chi connectivity index (χ4v) is 2.71. The summed E-state index contributed by atoms with van der Waals surface area (Å²) in [5.41, 5.74) is 3.27. The van der Waals surface area contributed by atoms with Crippen LogP contribution in [0.4, 0.5) is 10.8 Å². The van der Waals surface area contributed by atoms with E-state index in [4.69, 9.17) is 0 Å². The zero-order valence-electron chi connectivity index (χ0n) is 11.4. The van der Waals surface area contributed by atoms with Gasteiger partial charge in [0.15, 0.2) is 0 Å². The highest BCUT2D eigenvalue weighted by Crippen LogP contribution is 2.27. The molecule has 20 heavy (non-hydrogen) atoms. The maximum Gasteiger partial charge on any atom is 0.210 e. The van der Waals surface area contributed by atoms with E-state index >= 15 is 0 Å². The summed E-state index contributed by atoms with van der Waals surface area (Å²) in [5.74, 6) is 0. The summed E-state index contributed by atoms with van der Waals surface area (Å²) in [7, 11) is 4.06. The van der Waals surface area contributed by atoms with Gasteiger partial charge in [-0.25, -0.2) is 9.98 Å². The van der Waals surface area contributed by atoms with Gasteiger partial charge in [-0.15, -0.1) is 0 Å². The van der Waals surface area contributed by atoms with E-state index in [1.807, 2.05) is 38.5 Å². The van der Waals surface area contributed by atoms with Gasteiger partial charge in [-0.2, -0.15) is 0 Å². The lowest BCUT2D eigenvalue weighted by atomic mass is 10.2. The summed E-state index contributed by atoms with van der Waals surface area (Å²) >= 11 is 1.61. The number of aliphatic imine (C=N–C) groups is 1. The zero-order valence-corrected chi connectivity index (χ0v) is 12.3. The summed E-state index contributed by atoms with van der Waals surface area (Å²) in [6.45, 7) is 0. The number of thiazole rings is 1. The van der Waals surface area contributed by atoms with Gasteiger partial charge in [0.1, 0.15) is 0 Å². The van der Waals surface area contributed by atoms with E-state index in [1.165, 1.54) is 10.4 Å². The second-order valence-corrected chi connectivity index (χ2v) is 5.72. The first-order chi connectivity index (χ1) is 9.72. The van der Waals surface area contributed by atoms with Crippen LogP contribution in [0.2, 0.25) is 0 Å². The Balaban J connectivity index is 1.82. The highest BCUT2D eigenvalue weighted by molar-refractivity contribution is 7.22. The van der Waals surface area contributed by atoms with Crippen molar-refractivity contribution < 1.29 is 0 Å². The lowest BCUT2D eigenvalue weighted by Gasteiger charge is -2.11. The molecular weight excluding hydrogens is 266 g/mol. The van der Waals surface area contributed by atoms with Crippen molar-refractivity contribution in [2.24, 2.45) is 4.99 Å². The third-order valence-corrected chi connectivity index (χ3v) is 3.96. The Bertz CT molecular complexity index is 709. The van der Waals surface area contributed by atoms with Crippen LogP contribution in [0.1, 0.15) is 5.56 Å². The molecule has 0 N–H and O–H groups in total. The molecule has 0 saturated heterocycles. The molecule has 0 atom stereocenters. The molecule has 0 saturated carbocycles. The first-order valence-electron chi connectivity index (χ1n) is 6.39. The number of fused-ring (bicyclic) bond motifs is 1. The molecule has 1 heterocycles. The molecule has 0 fully saturated rings. The molecule has 0 bridgehead atoms. The lowest BCUT2D eigenvalue weighted by molar-refractivity contribution is 1.13. The van der Waals surface area contributed by atoms with Crippen LogP contribution >= 0.6 is 11.3 Å². The van der Waals surface area contributed by atoms with Gasteiger partial charge in [0.2, 0.25) is 5.13 Å². The standard InChI is InChI=1S/C16H15N3S/c1-19(2)13-9-7-12(8-10-13)11-17-16-18-14-5-3-4-6-15(14)20-16/h3-11H,1-2H3/b17-11+. The first-order valence-corrected chi connectivity index (χ1v) is 7.21. The molecule has 0 aliphatic carbocycles. The van der Waals surface area contributed by atoms with Gasteiger partial charge in [0.05, 0.1) is 10.2 Å². The smallest absolute Gasteiger partial charge is 0.210 e. The minimum absolute atomic E-state index is 0.794. The molecule has 3 aromatic rings. The second kappa shape index (κ2) is 5.43. The molecule has 0 unspecified atom stereocenters. The van der Waals surface area contributed by atoms with Gasteiger partial charge >= 0.3 is 0 Å². The topological polar surface area (TPSA) is 28.5 Å². The van der Waals surface area contributed by atoms with E-state index in [-0.39, 0.29) is 0 Å². The number of benzene rings is 2. The number of hydrogen-bond donors (Lipinski definition) is 0. The van der Waals surface area contributed by atoms with Crippen molar-refractivity contribution in [2.45, 2.75) is 0 Å². The Labute approximate surface area is 122 Å². The third kappa shape index (κ3) is 2.70. The summed E-state index contributed by atoms with van der Waals surface area (Å²) in [5, 5.41) is 0.794. The number of rotatable bonds is 3. The van der Waals surface area contributed by atoms with E-state index in [0.717, 1.165) is 16.2 Å². The van der Waals surface area contributed by atoms with Crippen LogP contribution in [0.5, 0.6) is 0 Å². The van der Waals surface area contributed by atoms with Gasteiger partial charge < -0.3 is 4.90 Å². The summed E-state index contributed by atoms with van der Waals surface area (Å²) in [6.07, 6.45) is 1.86. The highest BCUT2D eigenvalue weighted by atomic mass is 32.1. The van der Waals surface area contributed by atoms with E-state index in [0.29, 0.717) is 0 Å². The van der Waals surface area contributed by atoms with Crippen LogP contribution in [0.15, 0.2) is 53.5 Å². The molecule has 3 rings (SSSR count). The minimum Gasteiger partial charge on any atom is -0.378 e. The Morgan fingerprint density at radius 1 is 1.05 bits per heavy atom. The molecular formula is C16H15N3S. The van der Waals surface area contributed by atoms with Crippen LogP contribution in [0, 0.1) is 0 Å². The average molecular weight is 281 g/mol. The number of aromatic nitrogens is 1. The monoisotopic (exact) mass is 281 g/mol. The number of anilines is 1. The van der Waals surface area contributed by atoms with Crippen LogP contribution in [-0.2, 0) is 0 Å². The molecule has 0 amide bonds. The molecule has 1 aromatic heterocycles. The van der Waals surface area contributed by atoms with Crippen LogP contribution in [0.3, 0.4) is 0 Å². The summed E-state index contributed by atoms with van der Waals surface area (Å²) in [4.78, 5) is 11.0. The fourth-order valence-electron chi connectivity index (χ4n) is 1.90. The molecule has 0 spiro atoms. The summed E-state index contributed by atoms with van der Waals surface area (Å²) in [6, 6.07) is 16.4. The largest absolute Gasteiger partial charge is 0.378 e. The molecule has 4 heteroatoms. The third-order valence-electron chi connectivity index (χ3n) is 3.02. The summed E-state index contributed by atoms with van der Waals surface area (Å²) < 4.78 is 1.17. The Kier molecular flexibility index (Phi) is 3.48. The van der Waals surface area contributed by atoms with Gasteiger partial charge in [-0.05, 0) is 29.8 Å². The minimum atomic E-state index is 0.794. The SMILES string of the molecule is CN(C)c1ccc(/C=N/c2nc3ccccc3s2)cc1. The molecule has 100 valence electrons. The van der Waals surface area contributed by atoms with Crippen molar-refractivity contribution >= 4 is 38.6 Å². The van der Waals surface area contributed by atoms with Gasteiger partial charge in [0, 0.05) is 26.0 Å². The maximum absolute atomic E-state index is 4.49. The van der Waals surface area contributed by atoms with E-state index in [1.54, 1.807) is 11.3 Å². The molecule has 0 aliphatic rings. The van der Waals surface area contributed by atoms with Crippen molar-refractivity contribution in [2.75, 3.05) is 19.0 Å². The van der Waals surface area contributed by atoms with Crippen molar-refractivity contribution in [3.8, 4) is 0 Å². The number of hydrogen-bond acceptors (Lipinski definition) is 4. The normalized spacial score (nSPS) is 11.3. The maximum atomic E-state index is 4.49. The quantitative estimate of drug-likeness (QED) is 0.676. The van der Waals surface area contributed by atoms with Crippen molar-refractivity contribution in [1.82, 2.24) is 4.98 Å². The number of para-hydroxylation sites is 1. The molecule has 0 radical (unpaired) electrons. The molecule has 3 nitrogen and oxygen atoms in total. The number of nitrogens with zero attached hydrogens (tertiary/aromatic N) is 3. The molecule has 2 aromatic carbocycles. The first kappa shape index (κ1) is 12.8. The Hall–Kier alpha value is -2.20. The zero-order chi connectivity index (χ0) is 13.9. The van der Waals surface area contributed by atoms with E-state index < -0.39 is 0 Å². The average Bonchev–Trinajstić information content (AvgIpc) is 2.88. The fraction of sp³-hybridized carbons (Fsp3) is 0.125. The van der Waals surface area contributed by atoms with Crippen molar-refractivity contribution in [3.05, 3.63) is 54.1 Å². The molecule has 0 aliphatic heterocycles.